The Bertz CT molecular complexity index is 514. The number of nitrogens with one attached hydrogen (secondary N) is 1. The van der Waals surface area contributed by atoms with Crippen molar-refractivity contribution in [2.45, 2.75) is 56.5 Å². The van der Waals surface area contributed by atoms with Crippen molar-refractivity contribution in [2.75, 3.05) is 5.75 Å². The molecule has 7 nitrogen and oxygen atoms in total. The van der Waals surface area contributed by atoms with Crippen LogP contribution in [0.2, 0.25) is 0 Å². The summed E-state index contributed by atoms with van der Waals surface area (Å²) in [7, 11) is 0. The number of hydrogen-bond donors (Lipinski definition) is 2. The van der Waals surface area contributed by atoms with Crippen molar-refractivity contribution >= 4 is 17.7 Å². The van der Waals surface area contributed by atoms with Crippen LogP contribution in [0.1, 0.15) is 39.2 Å². The smallest absolute Gasteiger partial charge is 0.230 e. The Morgan fingerprint density at radius 3 is 2.90 bits per heavy atom. The number of aliphatic hydroxyl groups excluding tert-OH is 1. The number of aliphatic hydroxyl groups is 1. The van der Waals surface area contributed by atoms with Crippen molar-refractivity contribution in [1.82, 2.24) is 25.5 Å². The first-order valence-electron chi connectivity index (χ1n) is 6.86. The van der Waals surface area contributed by atoms with Gasteiger partial charge in [-0.05, 0) is 29.7 Å². The van der Waals surface area contributed by atoms with E-state index in [9.17, 15) is 9.90 Å². The lowest BCUT2D eigenvalue weighted by atomic mass is 9.64. The zero-order valence-corrected chi connectivity index (χ0v) is 12.4. The molecule has 2 aliphatic rings. The first-order valence-corrected chi connectivity index (χ1v) is 7.85. The number of rotatable bonds is 5. The van der Waals surface area contributed by atoms with Crippen LogP contribution in [0.4, 0.5) is 0 Å². The lowest BCUT2D eigenvalue weighted by molar-refractivity contribution is -0.126. The number of carbonyl (C=O) groups excluding carboxylic acids is 1. The van der Waals surface area contributed by atoms with E-state index < -0.39 is 0 Å². The summed E-state index contributed by atoms with van der Waals surface area (Å²) in [6.45, 7) is 3.93. The van der Waals surface area contributed by atoms with E-state index in [1.54, 1.807) is 4.68 Å². The van der Waals surface area contributed by atoms with Gasteiger partial charge >= 0.3 is 0 Å². The summed E-state index contributed by atoms with van der Waals surface area (Å²) in [6.07, 6.45) is 2.52. The average Bonchev–Trinajstić information content (AvgIpc) is 3.15. The van der Waals surface area contributed by atoms with Crippen LogP contribution < -0.4 is 5.32 Å². The zero-order valence-electron chi connectivity index (χ0n) is 11.6. The maximum absolute atomic E-state index is 11.9. The van der Waals surface area contributed by atoms with Crippen molar-refractivity contribution in [3.63, 3.8) is 0 Å². The number of hydrogen-bond acceptors (Lipinski definition) is 6. The highest BCUT2D eigenvalue weighted by Gasteiger charge is 2.47. The number of carbonyl (C=O) groups is 1. The van der Waals surface area contributed by atoms with Gasteiger partial charge in [0.1, 0.15) is 0 Å². The predicted molar refractivity (Wildman–Crippen MR) is 73.1 cm³/mol. The van der Waals surface area contributed by atoms with Gasteiger partial charge in [0.25, 0.3) is 0 Å². The summed E-state index contributed by atoms with van der Waals surface area (Å²) >= 11 is 1.36. The van der Waals surface area contributed by atoms with Crippen LogP contribution in [0.15, 0.2) is 5.16 Å². The van der Waals surface area contributed by atoms with E-state index >= 15 is 0 Å². The Kier molecular flexibility index (Phi) is 3.45. The maximum atomic E-state index is 11.9. The van der Waals surface area contributed by atoms with Gasteiger partial charge in [-0.25, -0.2) is 4.68 Å². The molecule has 0 aliphatic heterocycles. The molecule has 0 radical (unpaired) electrons. The Labute approximate surface area is 121 Å². The highest BCUT2D eigenvalue weighted by molar-refractivity contribution is 7.99. The third-order valence-corrected chi connectivity index (χ3v) is 5.17. The summed E-state index contributed by atoms with van der Waals surface area (Å²) in [5.74, 6) is 0.265. The molecule has 2 N–H and O–H groups in total. The molecule has 0 spiro atoms. The van der Waals surface area contributed by atoms with Crippen molar-refractivity contribution in [3.8, 4) is 0 Å². The summed E-state index contributed by atoms with van der Waals surface area (Å²) in [4.78, 5) is 11.9. The van der Waals surface area contributed by atoms with E-state index in [0.29, 0.717) is 23.4 Å². The lowest BCUT2D eigenvalue weighted by Gasteiger charge is -2.49. The molecule has 8 heteroatoms. The van der Waals surface area contributed by atoms with Gasteiger partial charge in [0, 0.05) is 11.5 Å². The molecule has 2 fully saturated rings. The van der Waals surface area contributed by atoms with Gasteiger partial charge < -0.3 is 10.4 Å². The highest BCUT2D eigenvalue weighted by atomic mass is 32.2. The van der Waals surface area contributed by atoms with Gasteiger partial charge in [-0.15, -0.1) is 5.10 Å². The minimum atomic E-state index is -0.331. The number of aromatic nitrogens is 4. The summed E-state index contributed by atoms with van der Waals surface area (Å²) in [6, 6.07) is 0.460. The summed E-state index contributed by atoms with van der Waals surface area (Å²) in [5, 5.41) is 24.9. The summed E-state index contributed by atoms with van der Waals surface area (Å²) in [5.41, 5.74) is -0.240. The summed E-state index contributed by atoms with van der Waals surface area (Å²) < 4.78 is 1.80. The van der Waals surface area contributed by atoms with Crippen LogP contribution in [0.25, 0.3) is 0 Å². The van der Waals surface area contributed by atoms with Crippen LogP contribution in [-0.4, -0.2) is 49.1 Å². The lowest BCUT2D eigenvalue weighted by Crippen LogP contribution is -2.61. The molecule has 2 aliphatic carbocycles. The largest absolute Gasteiger partial charge is 0.392 e. The molecule has 2 atom stereocenters. The quantitative estimate of drug-likeness (QED) is 0.763. The van der Waals surface area contributed by atoms with E-state index in [1.807, 2.05) is 13.8 Å². The van der Waals surface area contributed by atoms with Crippen molar-refractivity contribution in [3.05, 3.63) is 0 Å². The molecule has 1 aromatic rings. The number of amides is 1. The standard InChI is InChI=1S/C12H19N5O2S/c1-12(2)8(5-9(12)18)13-10(19)6-20-11-14-15-16-17(11)7-3-4-7/h7-9,18H,3-6H2,1-2H3,(H,13,19). The van der Waals surface area contributed by atoms with E-state index in [2.05, 4.69) is 20.8 Å². The first kappa shape index (κ1) is 13.8. The highest BCUT2D eigenvalue weighted by Crippen LogP contribution is 2.40. The molecule has 110 valence electrons. The second-order valence-electron chi connectivity index (χ2n) is 6.12. The third-order valence-electron chi connectivity index (χ3n) is 4.24. The second-order valence-corrected chi connectivity index (χ2v) is 7.06. The van der Waals surface area contributed by atoms with E-state index in [-0.39, 0.29) is 23.5 Å². The molecule has 3 rings (SSSR count). The van der Waals surface area contributed by atoms with Crippen molar-refractivity contribution < 1.29 is 9.90 Å². The van der Waals surface area contributed by atoms with Gasteiger partial charge in [0.15, 0.2) is 0 Å². The minimum absolute atomic E-state index is 0.0367. The topological polar surface area (TPSA) is 92.9 Å². The van der Waals surface area contributed by atoms with Crippen LogP contribution in [0.5, 0.6) is 0 Å². The number of tetrazole rings is 1. The van der Waals surface area contributed by atoms with Crippen LogP contribution in [0.3, 0.4) is 0 Å². The van der Waals surface area contributed by atoms with Gasteiger partial charge in [-0.1, -0.05) is 25.6 Å². The van der Waals surface area contributed by atoms with Gasteiger partial charge in [-0.2, -0.15) is 0 Å². The molecule has 0 aromatic carbocycles. The van der Waals surface area contributed by atoms with Gasteiger partial charge in [0.05, 0.1) is 17.9 Å². The Morgan fingerprint density at radius 2 is 2.30 bits per heavy atom. The Hall–Kier alpha value is -1.15. The van der Waals surface area contributed by atoms with E-state index in [1.165, 1.54) is 11.8 Å². The molecular weight excluding hydrogens is 278 g/mol. The molecule has 1 aromatic heterocycles. The minimum Gasteiger partial charge on any atom is -0.392 e. The molecule has 2 unspecified atom stereocenters. The fourth-order valence-corrected chi connectivity index (χ4v) is 3.10. The number of nitrogens with zero attached hydrogens (tertiary/aromatic N) is 4. The second kappa shape index (κ2) is 5.00. The fraction of sp³-hybridized carbons (Fsp3) is 0.833. The fourth-order valence-electron chi connectivity index (χ4n) is 2.34. The monoisotopic (exact) mass is 297 g/mol. The van der Waals surface area contributed by atoms with Gasteiger partial charge in [-0.3, -0.25) is 4.79 Å². The molecule has 0 saturated heterocycles. The van der Waals surface area contributed by atoms with E-state index in [4.69, 9.17) is 0 Å². The molecule has 2 saturated carbocycles. The van der Waals surface area contributed by atoms with Crippen LogP contribution >= 0.6 is 11.8 Å². The van der Waals surface area contributed by atoms with Crippen LogP contribution in [0, 0.1) is 5.41 Å². The Balaban J connectivity index is 1.49. The third kappa shape index (κ3) is 2.54. The zero-order chi connectivity index (χ0) is 14.3. The number of thioether (sulfide) groups is 1. The normalized spacial score (nSPS) is 27.9. The molecule has 0 bridgehead atoms. The molecule has 1 amide bonds. The van der Waals surface area contributed by atoms with Crippen LogP contribution in [-0.2, 0) is 4.79 Å². The predicted octanol–water partition coefficient (Wildman–Crippen LogP) is 0.376. The van der Waals surface area contributed by atoms with Crippen molar-refractivity contribution in [2.24, 2.45) is 5.41 Å². The Morgan fingerprint density at radius 1 is 1.55 bits per heavy atom. The van der Waals surface area contributed by atoms with Crippen molar-refractivity contribution in [1.29, 1.82) is 0 Å². The SMILES string of the molecule is CC1(C)C(O)CC1NC(=O)CSc1nnnn1C1CC1. The van der Waals surface area contributed by atoms with Gasteiger partial charge in [0.2, 0.25) is 11.1 Å². The molecular formula is C12H19N5O2S. The first-order chi connectivity index (χ1) is 9.48. The van der Waals surface area contributed by atoms with E-state index in [0.717, 1.165) is 12.8 Å². The molecule has 20 heavy (non-hydrogen) atoms. The average molecular weight is 297 g/mol. The maximum Gasteiger partial charge on any atom is 0.230 e. The molecule has 1 heterocycles.